The molecule has 0 fully saturated rings. The van der Waals surface area contributed by atoms with E-state index in [9.17, 15) is 9.59 Å². The number of methoxy groups -OCH3 is 1. The number of carbonyl (C=O) groups excluding carboxylic acids is 1. The first-order chi connectivity index (χ1) is 12.0. The zero-order valence-electron chi connectivity index (χ0n) is 13.6. The Labute approximate surface area is 148 Å². The first kappa shape index (κ1) is 17.0. The molecule has 3 aromatic rings. The summed E-state index contributed by atoms with van der Waals surface area (Å²) in [6, 6.07) is 13.7. The second-order valence-corrected chi connectivity index (χ2v) is 5.87. The van der Waals surface area contributed by atoms with Crippen molar-refractivity contribution in [3.63, 3.8) is 0 Å². The summed E-state index contributed by atoms with van der Waals surface area (Å²) in [6.07, 6.45) is -0.762. The quantitative estimate of drug-likeness (QED) is 0.520. The Morgan fingerprint density at radius 3 is 2.52 bits per heavy atom. The molecule has 0 amide bonds. The van der Waals surface area contributed by atoms with Crippen LogP contribution in [0, 0.1) is 0 Å². The van der Waals surface area contributed by atoms with Crippen LogP contribution in [0.25, 0.3) is 22.1 Å². The second kappa shape index (κ2) is 6.99. The summed E-state index contributed by atoms with van der Waals surface area (Å²) in [6.45, 7) is 1.58. The van der Waals surface area contributed by atoms with Crippen molar-refractivity contribution in [2.45, 2.75) is 13.0 Å². The fraction of sp³-hybridized carbons (Fsp3) is 0.158. The maximum Gasteiger partial charge on any atom is 0.346 e. The number of rotatable bonds is 4. The number of hydrogen-bond acceptors (Lipinski definition) is 5. The summed E-state index contributed by atoms with van der Waals surface area (Å²) in [5, 5.41) is 1.33. The van der Waals surface area contributed by atoms with Crippen LogP contribution in [0.1, 0.15) is 6.92 Å². The number of carbonyl (C=O) groups is 1. The van der Waals surface area contributed by atoms with Gasteiger partial charge in [0.1, 0.15) is 11.3 Å². The van der Waals surface area contributed by atoms with Crippen LogP contribution in [-0.4, -0.2) is 19.2 Å². The molecule has 5 nitrogen and oxygen atoms in total. The lowest BCUT2D eigenvalue weighted by Crippen LogP contribution is -2.24. The Morgan fingerprint density at radius 2 is 1.84 bits per heavy atom. The molecule has 0 spiro atoms. The van der Waals surface area contributed by atoms with E-state index >= 15 is 0 Å². The van der Waals surface area contributed by atoms with Gasteiger partial charge < -0.3 is 13.9 Å². The predicted molar refractivity (Wildman–Crippen MR) is 95.0 cm³/mol. The molecule has 0 unspecified atom stereocenters. The monoisotopic (exact) mass is 358 g/mol. The van der Waals surface area contributed by atoms with Crippen LogP contribution in [0.4, 0.5) is 0 Å². The maximum atomic E-state index is 12.3. The van der Waals surface area contributed by atoms with E-state index in [1.54, 1.807) is 55.5 Å². The van der Waals surface area contributed by atoms with Crippen LogP contribution in [0.5, 0.6) is 5.75 Å². The van der Waals surface area contributed by atoms with Crippen molar-refractivity contribution in [1.82, 2.24) is 0 Å². The molecule has 0 aliphatic rings. The van der Waals surface area contributed by atoms with Gasteiger partial charge in [-0.3, -0.25) is 0 Å². The van der Waals surface area contributed by atoms with E-state index in [0.29, 0.717) is 21.9 Å². The van der Waals surface area contributed by atoms with E-state index in [0.717, 1.165) is 10.9 Å². The molecule has 0 saturated heterocycles. The van der Waals surface area contributed by atoms with E-state index in [1.807, 2.05) is 0 Å². The minimum absolute atomic E-state index is 0.372. The van der Waals surface area contributed by atoms with Crippen LogP contribution >= 0.6 is 11.6 Å². The topological polar surface area (TPSA) is 65.7 Å². The number of halogens is 1. The molecule has 1 heterocycles. The van der Waals surface area contributed by atoms with Gasteiger partial charge in [0.2, 0.25) is 0 Å². The fourth-order valence-corrected chi connectivity index (χ4v) is 2.54. The normalized spacial score (nSPS) is 12.0. The van der Waals surface area contributed by atoms with Crippen molar-refractivity contribution >= 4 is 28.5 Å². The predicted octanol–water partition coefficient (Wildman–Crippen LogP) is 4.05. The highest BCUT2D eigenvalue weighted by Gasteiger charge is 2.15. The van der Waals surface area contributed by atoms with Gasteiger partial charge in [0.15, 0.2) is 6.10 Å². The van der Waals surface area contributed by atoms with Crippen LogP contribution in [0.2, 0.25) is 5.02 Å². The summed E-state index contributed by atoms with van der Waals surface area (Å²) in [5.41, 5.74) is 1.07. The first-order valence-electron chi connectivity index (χ1n) is 7.56. The third kappa shape index (κ3) is 3.67. The van der Waals surface area contributed by atoms with E-state index in [1.165, 1.54) is 7.11 Å². The van der Waals surface area contributed by atoms with Crippen molar-refractivity contribution in [1.29, 1.82) is 0 Å². The number of hydrogen-bond donors (Lipinski definition) is 0. The van der Waals surface area contributed by atoms with Crippen LogP contribution in [0.15, 0.2) is 57.7 Å². The van der Waals surface area contributed by atoms with Gasteiger partial charge in [0, 0.05) is 16.5 Å². The number of ether oxygens (including phenoxy) is 2. The Balaban J connectivity index is 1.97. The number of benzene rings is 2. The largest absolute Gasteiger partial charge is 0.479 e. The van der Waals surface area contributed by atoms with Crippen molar-refractivity contribution in [3.05, 3.63) is 64.0 Å². The van der Waals surface area contributed by atoms with Gasteiger partial charge >= 0.3 is 11.6 Å². The second-order valence-electron chi connectivity index (χ2n) is 5.44. The van der Waals surface area contributed by atoms with E-state index < -0.39 is 17.7 Å². The van der Waals surface area contributed by atoms with Gasteiger partial charge in [0.25, 0.3) is 0 Å². The molecule has 0 N–H and O–H groups in total. The highest BCUT2D eigenvalue weighted by Crippen LogP contribution is 2.25. The van der Waals surface area contributed by atoms with E-state index in [-0.39, 0.29) is 0 Å². The number of esters is 1. The summed E-state index contributed by atoms with van der Waals surface area (Å²) in [7, 11) is 1.29. The first-order valence-corrected chi connectivity index (χ1v) is 7.94. The molecule has 2 aromatic carbocycles. The highest BCUT2D eigenvalue weighted by molar-refractivity contribution is 6.30. The van der Waals surface area contributed by atoms with Crippen molar-refractivity contribution in [2.75, 3.05) is 7.11 Å². The summed E-state index contributed by atoms with van der Waals surface area (Å²) < 4.78 is 15.5. The smallest absolute Gasteiger partial charge is 0.346 e. The van der Waals surface area contributed by atoms with Gasteiger partial charge in [-0.2, -0.15) is 0 Å². The molecule has 0 bridgehead atoms. The summed E-state index contributed by atoms with van der Waals surface area (Å²) in [5.74, 6) is -0.0765. The van der Waals surface area contributed by atoms with Crippen molar-refractivity contribution in [2.24, 2.45) is 0 Å². The van der Waals surface area contributed by atoms with Crippen molar-refractivity contribution in [3.8, 4) is 16.9 Å². The van der Waals surface area contributed by atoms with E-state index in [4.69, 9.17) is 20.8 Å². The molecule has 128 valence electrons. The van der Waals surface area contributed by atoms with Gasteiger partial charge in [-0.25, -0.2) is 9.59 Å². The molecule has 3 rings (SSSR count). The Bertz CT molecular complexity index is 975. The molecule has 0 radical (unpaired) electrons. The molecular formula is C19H15ClO5. The van der Waals surface area contributed by atoms with Crippen LogP contribution < -0.4 is 10.4 Å². The highest BCUT2D eigenvalue weighted by atomic mass is 35.5. The molecule has 6 heteroatoms. The number of fused-ring (bicyclic) bond motifs is 1. The maximum absolute atomic E-state index is 12.3. The Kier molecular flexibility index (Phi) is 4.76. The average molecular weight is 359 g/mol. The lowest BCUT2D eigenvalue weighted by atomic mass is 10.1. The Hall–Kier alpha value is -2.79. The minimum Gasteiger partial charge on any atom is -0.479 e. The third-order valence-electron chi connectivity index (χ3n) is 3.71. The molecule has 25 heavy (non-hydrogen) atoms. The zero-order chi connectivity index (χ0) is 18.0. The van der Waals surface area contributed by atoms with Gasteiger partial charge in [0.05, 0.1) is 12.7 Å². The molecule has 1 atom stereocenters. The molecule has 0 aliphatic heterocycles. The molecular weight excluding hydrogens is 344 g/mol. The van der Waals surface area contributed by atoms with E-state index in [2.05, 4.69) is 4.74 Å². The van der Waals surface area contributed by atoms with Gasteiger partial charge in [-0.05, 0) is 42.8 Å². The SMILES string of the molecule is COC(=O)[C@H](C)Oc1ccc2cc(-c3ccc(Cl)cc3)c(=O)oc2c1. The lowest BCUT2D eigenvalue weighted by molar-refractivity contribution is -0.147. The van der Waals surface area contributed by atoms with Gasteiger partial charge in [-0.15, -0.1) is 0 Å². The molecule has 0 aliphatic carbocycles. The van der Waals surface area contributed by atoms with Crippen molar-refractivity contribution < 1.29 is 18.7 Å². The fourth-order valence-electron chi connectivity index (χ4n) is 2.41. The summed E-state index contributed by atoms with van der Waals surface area (Å²) in [4.78, 5) is 23.7. The lowest BCUT2D eigenvalue weighted by Gasteiger charge is -2.12. The standard InChI is InChI=1S/C19H15ClO5/c1-11(18(21)23-2)24-15-8-5-13-9-16(19(22)25-17(13)10-15)12-3-6-14(20)7-4-12/h3-11H,1-2H3/t11-/m0/s1. The minimum atomic E-state index is -0.762. The van der Waals surface area contributed by atoms with Crippen LogP contribution in [0.3, 0.4) is 0 Å². The Morgan fingerprint density at radius 1 is 1.12 bits per heavy atom. The van der Waals surface area contributed by atoms with Crippen LogP contribution in [-0.2, 0) is 9.53 Å². The molecule has 0 saturated carbocycles. The molecule has 1 aromatic heterocycles. The summed E-state index contributed by atoms with van der Waals surface area (Å²) >= 11 is 5.88. The third-order valence-corrected chi connectivity index (χ3v) is 3.96. The zero-order valence-corrected chi connectivity index (χ0v) is 14.4. The van der Waals surface area contributed by atoms with Gasteiger partial charge in [-0.1, -0.05) is 23.7 Å². The average Bonchev–Trinajstić information content (AvgIpc) is 2.61.